The Kier molecular flexibility index (Phi) is 7.28. The van der Waals surface area contributed by atoms with Crippen molar-refractivity contribution in [1.29, 1.82) is 0 Å². The Balaban J connectivity index is 1.35. The van der Waals surface area contributed by atoms with Crippen LogP contribution in [0.5, 0.6) is 0 Å². The summed E-state index contributed by atoms with van der Waals surface area (Å²) in [6.07, 6.45) is 1.34. The zero-order chi connectivity index (χ0) is 20.6. The van der Waals surface area contributed by atoms with E-state index in [2.05, 4.69) is 65.9 Å². The second-order valence-electron chi connectivity index (χ2n) is 7.81. The number of nitrogens with one attached hydrogen (secondary N) is 2. The molecule has 2 N–H and O–H groups in total. The average molecular weight is 393 g/mol. The number of aryl methyl sites for hydroxylation is 1. The fourth-order valence-corrected chi connectivity index (χ4v) is 3.60. The van der Waals surface area contributed by atoms with Gasteiger partial charge >= 0.3 is 0 Å². The monoisotopic (exact) mass is 392 g/mol. The summed E-state index contributed by atoms with van der Waals surface area (Å²) >= 11 is 0. The van der Waals surface area contributed by atoms with Crippen LogP contribution >= 0.6 is 0 Å². The van der Waals surface area contributed by atoms with Gasteiger partial charge in [0.1, 0.15) is 0 Å². The number of carbonyl (C=O) groups excluding carboxylic acids is 1. The van der Waals surface area contributed by atoms with Crippen LogP contribution in [0.3, 0.4) is 0 Å². The first-order valence-electron chi connectivity index (χ1n) is 10.4. The minimum atomic E-state index is 0.221. The number of amides is 1. The minimum Gasteiger partial charge on any atom is -0.356 e. The third-order valence-corrected chi connectivity index (χ3v) is 5.50. The summed E-state index contributed by atoms with van der Waals surface area (Å²) in [5, 5.41) is 6.70. The molecule has 0 saturated heterocycles. The van der Waals surface area contributed by atoms with E-state index in [1.165, 1.54) is 22.3 Å². The molecule has 1 heterocycles. The van der Waals surface area contributed by atoms with Gasteiger partial charge in [-0.05, 0) is 36.0 Å². The standard InChI is InChI=1S/C24H32N4O/c1-18-10-12-20(13-11-18)19(2)15-27-24(25-3)26-14-6-9-23(29)28-16-21-7-4-5-8-22(21)17-28/h4-5,7-8,10-13,19H,6,9,14-17H2,1-3H3,(H2,25,26,27). The molecule has 5 heteroatoms. The second-order valence-corrected chi connectivity index (χ2v) is 7.81. The first-order valence-corrected chi connectivity index (χ1v) is 10.4. The van der Waals surface area contributed by atoms with Crippen LogP contribution in [0.4, 0.5) is 0 Å². The number of carbonyl (C=O) groups is 1. The van der Waals surface area contributed by atoms with E-state index in [0.717, 1.165) is 38.6 Å². The van der Waals surface area contributed by atoms with Crippen LogP contribution in [0.15, 0.2) is 53.5 Å². The number of nitrogens with zero attached hydrogens (tertiary/aromatic N) is 2. The van der Waals surface area contributed by atoms with Crippen LogP contribution in [0.1, 0.15) is 47.9 Å². The van der Waals surface area contributed by atoms with Gasteiger partial charge in [-0.25, -0.2) is 0 Å². The third-order valence-electron chi connectivity index (χ3n) is 5.50. The maximum Gasteiger partial charge on any atom is 0.223 e. The summed E-state index contributed by atoms with van der Waals surface area (Å²) in [5.74, 6) is 1.40. The molecule has 1 aliphatic rings. The summed E-state index contributed by atoms with van der Waals surface area (Å²) < 4.78 is 0. The Hall–Kier alpha value is -2.82. The normalized spacial score (nSPS) is 14.4. The number of fused-ring (bicyclic) bond motifs is 1. The van der Waals surface area contributed by atoms with Gasteiger partial charge < -0.3 is 15.5 Å². The Bertz CT molecular complexity index is 819. The van der Waals surface area contributed by atoms with E-state index in [9.17, 15) is 4.79 Å². The van der Waals surface area contributed by atoms with Crippen molar-refractivity contribution >= 4 is 11.9 Å². The van der Waals surface area contributed by atoms with Gasteiger partial charge in [-0.1, -0.05) is 61.0 Å². The molecule has 0 aliphatic carbocycles. The van der Waals surface area contributed by atoms with Gasteiger partial charge in [0, 0.05) is 39.6 Å². The van der Waals surface area contributed by atoms with E-state index in [1.54, 1.807) is 7.05 Å². The lowest BCUT2D eigenvalue weighted by Gasteiger charge is -2.17. The summed E-state index contributed by atoms with van der Waals surface area (Å²) in [5.41, 5.74) is 5.13. The van der Waals surface area contributed by atoms with E-state index in [1.807, 2.05) is 17.0 Å². The first-order chi connectivity index (χ1) is 14.1. The van der Waals surface area contributed by atoms with Gasteiger partial charge in [-0.2, -0.15) is 0 Å². The fraction of sp³-hybridized carbons (Fsp3) is 0.417. The van der Waals surface area contributed by atoms with E-state index >= 15 is 0 Å². The Morgan fingerprint density at radius 2 is 1.72 bits per heavy atom. The average Bonchev–Trinajstić information content (AvgIpc) is 3.18. The highest BCUT2D eigenvalue weighted by Crippen LogP contribution is 2.22. The zero-order valence-corrected chi connectivity index (χ0v) is 17.7. The van der Waals surface area contributed by atoms with Crippen LogP contribution in [-0.2, 0) is 17.9 Å². The van der Waals surface area contributed by atoms with Crippen molar-refractivity contribution in [3.63, 3.8) is 0 Å². The predicted molar refractivity (Wildman–Crippen MR) is 119 cm³/mol. The molecule has 0 spiro atoms. The molecule has 154 valence electrons. The lowest BCUT2D eigenvalue weighted by molar-refractivity contribution is -0.131. The molecule has 3 rings (SSSR count). The number of guanidine groups is 1. The topological polar surface area (TPSA) is 56.7 Å². The zero-order valence-electron chi connectivity index (χ0n) is 17.7. The molecule has 29 heavy (non-hydrogen) atoms. The smallest absolute Gasteiger partial charge is 0.223 e. The second kappa shape index (κ2) is 10.1. The first kappa shape index (κ1) is 20.9. The molecular weight excluding hydrogens is 360 g/mol. The molecule has 2 aromatic carbocycles. The van der Waals surface area contributed by atoms with Crippen molar-refractivity contribution in [3.8, 4) is 0 Å². The Morgan fingerprint density at radius 1 is 1.07 bits per heavy atom. The van der Waals surface area contributed by atoms with Crippen LogP contribution in [0.25, 0.3) is 0 Å². The van der Waals surface area contributed by atoms with Gasteiger partial charge in [0.25, 0.3) is 0 Å². The minimum absolute atomic E-state index is 0.221. The summed E-state index contributed by atoms with van der Waals surface area (Å²) in [6, 6.07) is 16.9. The van der Waals surface area contributed by atoms with E-state index < -0.39 is 0 Å². The summed E-state index contributed by atoms with van der Waals surface area (Å²) in [7, 11) is 1.78. The van der Waals surface area contributed by atoms with Crippen molar-refractivity contribution in [3.05, 3.63) is 70.8 Å². The number of benzene rings is 2. The molecule has 2 aromatic rings. The third kappa shape index (κ3) is 5.83. The van der Waals surface area contributed by atoms with Gasteiger partial charge in [-0.3, -0.25) is 9.79 Å². The molecule has 1 atom stereocenters. The molecular formula is C24H32N4O. The van der Waals surface area contributed by atoms with Crippen LogP contribution in [0.2, 0.25) is 0 Å². The summed E-state index contributed by atoms with van der Waals surface area (Å²) in [4.78, 5) is 18.7. The lowest BCUT2D eigenvalue weighted by atomic mass is 10.0. The highest BCUT2D eigenvalue weighted by Gasteiger charge is 2.22. The molecule has 0 radical (unpaired) electrons. The fourth-order valence-electron chi connectivity index (χ4n) is 3.60. The van der Waals surface area contributed by atoms with Crippen molar-refractivity contribution < 1.29 is 4.79 Å². The number of hydrogen-bond donors (Lipinski definition) is 2. The van der Waals surface area contributed by atoms with Crippen molar-refractivity contribution in [1.82, 2.24) is 15.5 Å². The van der Waals surface area contributed by atoms with Gasteiger partial charge in [0.15, 0.2) is 5.96 Å². The predicted octanol–water partition coefficient (Wildman–Crippen LogP) is 3.59. The molecule has 1 unspecified atom stereocenters. The van der Waals surface area contributed by atoms with Crippen LogP contribution in [0, 0.1) is 6.92 Å². The van der Waals surface area contributed by atoms with Crippen LogP contribution in [-0.4, -0.2) is 36.9 Å². The SMILES string of the molecule is CN=C(NCCCC(=O)N1Cc2ccccc2C1)NCC(C)c1ccc(C)cc1. The van der Waals surface area contributed by atoms with Gasteiger partial charge in [-0.15, -0.1) is 0 Å². The van der Waals surface area contributed by atoms with Crippen molar-refractivity contribution in [2.75, 3.05) is 20.1 Å². The molecule has 5 nitrogen and oxygen atoms in total. The highest BCUT2D eigenvalue weighted by molar-refractivity contribution is 5.80. The summed E-state index contributed by atoms with van der Waals surface area (Å²) in [6.45, 7) is 7.33. The molecule has 1 aliphatic heterocycles. The van der Waals surface area contributed by atoms with Crippen molar-refractivity contribution in [2.45, 2.75) is 45.7 Å². The maximum absolute atomic E-state index is 12.5. The largest absolute Gasteiger partial charge is 0.356 e. The number of aliphatic imine (C=N–C) groups is 1. The van der Waals surface area contributed by atoms with Gasteiger partial charge in [0.2, 0.25) is 5.91 Å². The van der Waals surface area contributed by atoms with E-state index in [4.69, 9.17) is 0 Å². The van der Waals surface area contributed by atoms with E-state index in [0.29, 0.717) is 12.3 Å². The van der Waals surface area contributed by atoms with E-state index in [-0.39, 0.29) is 5.91 Å². The Morgan fingerprint density at radius 3 is 2.34 bits per heavy atom. The van der Waals surface area contributed by atoms with Crippen molar-refractivity contribution in [2.24, 2.45) is 4.99 Å². The lowest BCUT2D eigenvalue weighted by Crippen LogP contribution is -2.39. The quantitative estimate of drug-likeness (QED) is 0.430. The molecule has 1 amide bonds. The molecule has 0 bridgehead atoms. The number of rotatable bonds is 7. The number of hydrogen-bond acceptors (Lipinski definition) is 2. The highest BCUT2D eigenvalue weighted by atomic mass is 16.2. The Labute approximate surface area is 174 Å². The van der Waals surface area contributed by atoms with Crippen LogP contribution < -0.4 is 10.6 Å². The van der Waals surface area contributed by atoms with Gasteiger partial charge in [0.05, 0.1) is 0 Å². The maximum atomic E-state index is 12.5. The molecule has 0 saturated carbocycles. The molecule has 0 aromatic heterocycles. The molecule has 0 fully saturated rings.